The van der Waals surface area contributed by atoms with Crippen LogP contribution in [0.4, 0.5) is 8.78 Å². The average molecular weight is 1140 g/mol. The summed E-state index contributed by atoms with van der Waals surface area (Å²) in [6.45, 7) is 6.51. The van der Waals surface area contributed by atoms with Crippen LogP contribution in [0.1, 0.15) is 68.9 Å². The molecule has 10 rings (SSSR count). The fourth-order valence-electron chi connectivity index (χ4n) is 10.4. The average Bonchev–Trinajstić information content (AvgIpc) is 4.08. The summed E-state index contributed by atoms with van der Waals surface area (Å²) in [7, 11) is 2.94. The molecule has 8 aromatic rings. The first-order valence-corrected chi connectivity index (χ1v) is 27.3. The summed E-state index contributed by atoms with van der Waals surface area (Å²) < 4.78 is 40.1. The summed E-state index contributed by atoms with van der Waals surface area (Å²) >= 11 is 0. The van der Waals surface area contributed by atoms with Gasteiger partial charge in [0.25, 0.3) is 11.8 Å². The van der Waals surface area contributed by atoms with Gasteiger partial charge in [-0.15, -0.1) is 0 Å². The molecule has 0 saturated carbocycles. The molecule has 0 bridgehead atoms. The number of nitrogens with zero attached hydrogens (tertiary/aromatic N) is 6. The molecule has 3 amide bonds. The van der Waals surface area contributed by atoms with E-state index in [4.69, 9.17) is 26.7 Å². The Morgan fingerprint density at radius 1 is 0.627 bits per heavy atom. The van der Waals surface area contributed by atoms with Crippen molar-refractivity contribution in [2.24, 2.45) is 17.2 Å². The third-order valence-electron chi connectivity index (χ3n) is 14.5. The number of halogens is 2. The Hall–Kier alpha value is -8.74. The van der Waals surface area contributed by atoms with Crippen molar-refractivity contribution in [3.63, 3.8) is 0 Å². The number of nitrogens with one attached hydrogen (secondary N) is 5. The maximum atomic E-state index is 14.8. The quantitative estimate of drug-likeness (QED) is 0.0524. The highest BCUT2D eigenvalue weighted by Crippen LogP contribution is 2.32. The number of aromatic amines is 2. The van der Waals surface area contributed by atoms with E-state index in [1.54, 1.807) is 59.8 Å². The number of methoxy groups -OCH3 is 2. The van der Waals surface area contributed by atoms with Crippen LogP contribution in [0, 0.1) is 25.5 Å². The van der Waals surface area contributed by atoms with Gasteiger partial charge in [0, 0.05) is 132 Å². The number of carboxylic acid groups (broad SMARTS) is 1. The lowest BCUT2D eigenvalue weighted by atomic mass is 9.96. The second kappa shape index (κ2) is 28.3. The third kappa shape index (κ3) is 14.9. The molecule has 4 aromatic heterocycles. The molecule has 83 heavy (non-hydrogen) atoms. The number of aliphatic carboxylic acids is 1. The molecular formula is C60H70F2N14O7. The van der Waals surface area contributed by atoms with Gasteiger partial charge >= 0.3 is 5.97 Å². The van der Waals surface area contributed by atoms with E-state index in [9.17, 15) is 33.1 Å². The van der Waals surface area contributed by atoms with Crippen molar-refractivity contribution in [3.05, 3.63) is 155 Å². The number of carboxylic acids is 1. The zero-order chi connectivity index (χ0) is 59.2. The second-order valence-electron chi connectivity index (χ2n) is 20.3. The molecule has 21 nitrogen and oxygen atoms in total. The molecule has 2 saturated heterocycles. The van der Waals surface area contributed by atoms with Gasteiger partial charge in [0.1, 0.15) is 40.6 Å². The van der Waals surface area contributed by atoms with Gasteiger partial charge in [0.15, 0.2) is 0 Å². The molecule has 2 aliphatic heterocycles. The van der Waals surface area contributed by atoms with E-state index in [1.165, 1.54) is 26.4 Å². The van der Waals surface area contributed by atoms with Crippen molar-refractivity contribution in [2.45, 2.75) is 76.8 Å². The van der Waals surface area contributed by atoms with Crippen molar-refractivity contribution in [1.82, 2.24) is 56.1 Å². The fourth-order valence-corrected chi connectivity index (χ4v) is 10.4. The Labute approximate surface area is 478 Å². The molecule has 0 radical (unpaired) electrons. The number of fused-ring (bicyclic) bond motifs is 2. The Bertz CT molecular complexity index is 3560. The van der Waals surface area contributed by atoms with Crippen molar-refractivity contribution in [1.29, 1.82) is 0 Å². The molecule has 4 aromatic carbocycles. The number of carbonyl (C=O) groups is 4. The number of H-pyrrole nitrogens is 2. The summed E-state index contributed by atoms with van der Waals surface area (Å²) in [6, 6.07) is 25.7. The fraction of sp³-hybridized carbons (Fsp3) is 0.333. The monoisotopic (exact) mass is 1140 g/mol. The maximum Gasteiger partial charge on any atom is 0.320 e. The first-order valence-electron chi connectivity index (χ1n) is 27.3. The summed E-state index contributed by atoms with van der Waals surface area (Å²) in [5.74, 6) is -1.76. The Morgan fingerprint density at radius 2 is 1.08 bits per heavy atom. The number of aromatic nitrogens is 6. The minimum atomic E-state index is -0.977. The second-order valence-corrected chi connectivity index (χ2v) is 20.3. The van der Waals surface area contributed by atoms with E-state index in [1.807, 2.05) is 61.2 Å². The van der Waals surface area contributed by atoms with Gasteiger partial charge in [-0.05, 0) is 124 Å². The predicted molar refractivity (Wildman–Crippen MR) is 311 cm³/mol. The molecule has 2 aliphatic rings. The number of likely N-dealkylation sites (tertiary alicyclic amines) is 2. The van der Waals surface area contributed by atoms with Crippen LogP contribution in [0.3, 0.4) is 0 Å². The number of aryl methyl sites for hydroxylation is 2. The van der Waals surface area contributed by atoms with Gasteiger partial charge in [-0.3, -0.25) is 49.1 Å². The number of nitrogens with two attached hydrogens (primary N) is 3. The minimum Gasteiger partial charge on any atom is -0.496 e. The van der Waals surface area contributed by atoms with Gasteiger partial charge in [-0.2, -0.15) is 10.2 Å². The van der Waals surface area contributed by atoms with Crippen LogP contribution in [0.15, 0.2) is 109 Å². The molecule has 2 fully saturated rings. The number of rotatable bonds is 17. The zero-order valence-corrected chi connectivity index (χ0v) is 46.8. The van der Waals surface area contributed by atoms with Crippen LogP contribution in [0.5, 0.6) is 11.5 Å². The number of pyridine rings is 2. The van der Waals surface area contributed by atoms with Gasteiger partial charge in [-0.1, -0.05) is 12.1 Å². The largest absolute Gasteiger partial charge is 0.496 e. The molecule has 0 unspecified atom stereocenters. The number of amides is 3. The topological polar surface area (TPSA) is 311 Å². The lowest BCUT2D eigenvalue weighted by Crippen LogP contribution is -2.56. The van der Waals surface area contributed by atoms with Crippen molar-refractivity contribution < 1.29 is 42.5 Å². The number of hydrogen-bond acceptors (Lipinski definition) is 15. The SMILES string of the molecule is COc1cccc(F)c1CN1C[C@H](NC(=O)c2ccc3[nH]nc(-c4ccnc(C)c4)c3c2)CC[C@H]1C(=O)NCCN.COc1cccc(F)c1CN1C[C@H](NC(=O)c2ccc3[nH]nc(-c4ccnc(C)c4)c3c2)CC[C@H]1C(=O)O.NCCN. The van der Waals surface area contributed by atoms with Crippen LogP contribution < -0.4 is 42.6 Å². The standard InChI is InChI=1S/C30H34FN7O3.C28H28FN5O4.C2H8N2/c1-18-14-19(10-12-33-18)28-22-15-20(6-8-25(22)36-37-28)29(39)35-21-7-9-26(30(40)34-13-11-32)38(16-21)17-23-24(31)4-3-5-27(23)41-2;1-16-12-17(10-11-30-16)26-20-13-18(6-8-23(20)32-33-26)27(35)31-19-7-9-24(28(36)37)34(14-19)15-21-22(29)4-3-5-25(21)38-2;3-1-2-4/h3-6,8,10,12,14-15,21,26H,7,9,11,13,16-17,32H2,1-2H3,(H,34,40)(H,35,39)(H,36,37);3-6,8,10-13,19,24H,7,9,14-15H2,1-2H3,(H,31,35)(H,32,33)(H,36,37);1-4H2/t21-,26+;19-,24+;/m11./s1. The third-order valence-corrected chi connectivity index (χ3v) is 14.5. The first-order chi connectivity index (χ1) is 40.1. The lowest BCUT2D eigenvalue weighted by molar-refractivity contribution is -0.145. The highest BCUT2D eigenvalue weighted by molar-refractivity contribution is 6.02. The van der Waals surface area contributed by atoms with E-state index < -0.39 is 29.7 Å². The molecule has 0 aliphatic carbocycles. The normalized spacial score (nSPS) is 17.1. The van der Waals surface area contributed by atoms with Gasteiger partial charge in [-0.25, -0.2) is 8.78 Å². The van der Waals surface area contributed by atoms with Crippen molar-refractivity contribution in [2.75, 3.05) is 53.5 Å². The Balaban J connectivity index is 0.000000204. The number of ether oxygens (including phenoxy) is 2. The van der Waals surface area contributed by atoms with E-state index >= 15 is 0 Å². The molecule has 12 N–H and O–H groups in total. The number of hydrogen-bond donors (Lipinski definition) is 9. The van der Waals surface area contributed by atoms with Gasteiger partial charge in [0.2, 0.25) is 5.91 Å². The van der Waals surface area contributed by atoms with Crippen molar-refractivity contribution in [3.8, 4) is 34.0 Å². The molecular weight excluding hydrogens is 1070 g/mol. The van der Waals surface area contributed by atoms with Crippen LogP contribution in [0.2, 0.25) is 0 Å². The van der Waals surface area contributed by atoms with E-state index in [2.05, 4.69) is 46.3 Å². The predicted octanol–water partition coefficient (Wildman–Crippen LogP) is 5.75. The van der Waals surface area contributed by atoms with Gasteiger partial charge in [0.05, 0.1) is 31.3 Å². The highest BCUT2D eigenvalue weighted by atomic mass is 19.1. The summed E-state index contributed by atoms with van der Waals surface area (Å²) in [5.41, 5.74) is 23.6. The molecule has 6 heterocycles. The zero-order valence-electron chi connectivity index (χ0n) is 46.8. The van der Waals surface area contributed by atoms with E-state index in [0.29, 0.717) is 86.6 Å². The minimum absolute atomic E-state index is 0.0505. The van der Waals surface area contributed by atoms with Crippen LogP contribution in [0.25, 0.3) is 44.3 Å². The van der Waals surface area contributed by atoms with E-state index in [-0.39, 0.29) is 55.0 Å². The van der Waals surface area contributed by atoms with E-state index in [0.717, 1.165) is 55.7 Å². The number of benzene rings is 4. The molecule has 0 spiro atoms. The van der Waals surface area contributed by atoms with Crippen LogP contribution in [-0.4, -0.2) is 147 Å². The molecule has 436 valence electrons. The Kier molecular flexibility index (Phi) is 20.6. The summed E-state index contributed by atoms with van der Waals surface area (Å²) in [6.07, 6.45) is 5.35. The first kappa shape index (κ1) is 60.4. The highest BCUT2D eigenvalue weighted by Gasteiger charge is 2.36. The lowest BCUT2D eigenvalue weighted by Gasteiger charge is -2.39. The number of piperidine rings is 2. The smallest absolute Gasteiger partial charge is 0.320 e. The van der Waals surface area contributed by atoms with Crippen LogP contribution >= 0.6 is 0 Å². The number of carbonyl (C=O) groups excluding carboxylic acids is 3. The van der Waals surface area contributed by atoms with Crippen molar-refractivity contribution >= 4 is 45.5 Å². The molecule has 4 atom stereocenters. The summed E-state index contributed by atoms with van der Waals surface area (Å²) in [4.78, 5) is 63.7. The van der Waals surface area contributed by atoms with Crippen LogP contribution in [-0.2, 0) is 22.7 Å². The maximum absolute atomic E-state index is 14.8. The molecule has 23 heteroatoms. The summed E-state index contributed by atoms with van der Waals surface area (Å²) in [5, 5.41) is 35.4. The Morgan fingerprint density at radius 3 is 1.51 bits per heavy atom. The van der Waals surface area contributed by atoms with Gasteiger partial charge < -0.3 is 47.7 Å².